The van der Waals surface area contributed by atoms with Crippen molar-refractivity contribution in [1.82, 2.24) is 10.2 Å². The SMILES string of the molecule is CC(C)NC(=O)[C@@]1(c2ccc([N+](=O)[O-])cc2)CC(=O)N(CC23CC4CC(CC(C4)C2)C3)[C@@H]1c1ccc(CO)cc1I. The van der Waals surface area contributed by atoms with Gasteiger partial charge in [0, 0.05) is 34.7 Å². The van der Waals surface area contributed by atoms with Crippen molar-refractivity contribution >= 4 is 40.1 Å². The Kier molecular flexibility index (Phi) is 7.41. The van der Waals surface area contributed by atoms with Crippen LogP contribution in [0.25, 0.3) is 0 Å². The number of amides is 2. The van der Waals surface area contributed by atoms with Crippen LogP contribution in [0.2, 0.25) is 0 Å². The Morgan fingerprint density at radius 3 is 2.22 bits per heavy atom. The summed E-state index contributed by atoms with van der Waals surface area (Å²) in [5, 5.41) is 24.4. The molecule has 4 bridgehead atoms. The van der Waals surface area contributed by atoms with Crippen LogP contribution in [-0.4, -0.2) is 39.3 Å². The maximum absolute atomic E-state index is 14.4. The van der Waals surface area contributed by atoms with E-state index in [2.05, 4.69) is 27.9 Å². The quantitative estimate of drug-likeness (QED) is 0.214. The molecule has 9 heteroatoms. The van der Waals surface area contributed by atoms with Gasteiger partial charge in [-0.1, -0.05) is 24.3 Å². The number of hydrogen-bond acceptors (Lipinski definition) is 5. The molecule has 1 saturated heterocycles. The van der Waals surface area contributed by atoms with E-state index in [9.17, 15) is 24.8 Å². The predicted octanol–water partition coefficient (Wildman–Crippen LogP) is 5.64. The summed E-state index contributed by atoms with van der Waals surface area (Å²) in [7, 11) is 0. The molecular weight excluding hydrogens is 633 g/mol. The number of likely N-dealkylation sites (tertiary alicyclic amines) is 1. The van der Waals surface area contributed by atoms with Gasteiger partial charge in [0.25, 0.3) is 5.69 Å². The van der Waals surface area contributed by atoms with Crippen molar-refractivity contribution in [3.05, 3.63) is 72.8 Å². The lowest BCUT2D eigenvalue weighted by atomic mass is 9.49. The Labute approximate surface area is 254 Å². The Morgan fingerprint density at radius 2 is 1.71 bits per heavy atom. The minimum atomic E-state index is -1.26. The zero-order valence-electron chi connectivity index (χ0n) is 23.6. The molecule has 1 heterocycles. The second kappa shape index (κ2) is 10.6. The van der Waals surface area contributed by atoms with Crippen molar-refractivity contribution in [3.8, 4) is 0 Å². The number of rotatable bonds is 8. The first kappa shape index (κ1) is 28.6. The van der Waals surface area contributed by atoms with Gasteiger partial charge in [0.1, 0.15) is 5.41 Å². The summed E-state index contributed by atoms with van der Waals surface area (Å²) >= 11 is 2.25. The molecule has 41 heavy (non-hydrogen) atoms. The van der Waals surface area contributed by atoms with E-state index in [0.717, 1.165) is 51.7 Å². The number of nitrogens with one attached hydrogen (secondary N) is 1. The fraction of sp³-hybridized carbons (Fsp3) is 0.562. The highest BCUT2D eigenvalue weighted by Gasteiger charge is 2.61. The fourth-order valence-corrected chi connectivity index (χ4v) is 9.94. The van der Waals surface area contributed by atoms with Gasteiger partial charge >= 0.3 is 0 Å². The molecule has 2 atom stereocenters. The lowest BCUT2D eigenvalue weighted by Gasteiger charge is -2.58. The molecule has 4 aliphatic carbocycles. The third-order valence-corrected chi connectivity index (χ3v) is 11.1. The smallest absolute Gasteiger partial charge is 0.269 e. The maximum Gasteiger partial charge on any atom is 0.269 e. The van der Waals surface area contributed by atoms with Gasteiger partial charge in [-0.15, -0.1) is 0 Å². The summed E-state index contributed by atoms with van der Waals surface area (Å²) in [6, 6.07) is 11.2. The third kappa shape index (κ3) is 4.96. The molecule has 7 rings (SSSR count). The number of non-ortho nitro benzene ring substituents is 1. The van der Waals surface area contributed by atoms with E-state index in [4.69, 9.17) is 0 Å². The average Bonchev–Trinajstić information content (AvgIpc) is 3.19. The van der Waals surface area contributed by atoms with Gasteiger partial charge in [0.2, 0.25) is 11.8 Å². The molecule has 218 valence electrons. The Bertz CT molecular complexity index is 1340. The van der Waals surface area contributed by atoms with Crippen molar-refractivity contribution in [3.63, 3.8) is 0 Å². The molecule has 8 nitrogen and oxygen atoms in total. The summed E-state index contributed by atoms with van der Waals surface area (Å²) in [6.45, 7) is 4.33. The third-order valence-electron chi connectivity index (χ3n) is 10.2. The summed E-state index contributed by atoms with van der Waals surface area (Å²) in [5.74, 6) is 1.89. The second-order valence-corrected chi connectivity index (χ2v) is 14.6. The number of carbonyl (C=O) groups excluding carboxylic acids is 2. The van der Waals surface area contributed by atoms with E-state index in [1.54, 1.807) is 12.1 Å². The maximum atomic E-state index is 14.4. The summed E-state index contributed by atoms with van der Waals surface area (Å²) < 4.78 is 0.882. The van der Waals surface area contributed by atoms with E-state index < -0.39 is 16.4 Å². The molecule has 2 amide bonds. The fourth-order valence-electron chi connectivity index (χ4n) is 9.06. The molecule has 5 fully saturated rings. The van der Waals surface area contributed by atoms with Crippen LogP contribution in [0.5, 0.6) is 0 Å². The highest BCUT2D eigenvalue weighted by Crippen LogP contribution is 2.62. The van der Waals surface area contributed by atoms with Gasteiger partial charge in [-0.25, -0.2) is 0 Å². The molecule has 0 unspecified atom stereocenters. The Morgan fingerprint density at radius 1 is 1.10 bits per heavy atom. The summed E-state index contributed by atoms with van der Waals surface area (Å²) in [4.78, 5) is 41.7. The first-order valence-electron chi connectivity index (χ1n) is 14.8. The van der Waals surface area contributed by atoms with E-state index in [-0.39, 0.29) is 42.0 Å². The Hall–Kier alpha value is -2.53. The van der Waals surface area contributed by atoms with Crippen LogP contribution in [0.4, 0.5) is 5.69 Å². The van der Waals surface area contributed by atoms with Crippen LogP contribution < -0.4 is 5.32 Å². The largest absolute Gasteiger partial charge is 0.392 e. The number of aliphatic hydroxyl groups excluding tert-OH is 1. The zero-order chi connectivity index (χ0) is 29.1. The normalized spacial score (nSPS) is 32.1. The number of aliphatic hydroxyl groups is 1. The van der Waals surface area contributed by atoms with Crippen LogP contribution in [-0.2, 0) is 21.6 Å². The van der Waals surface area contributed by atoms with Gasteiger partial charge in [-0.2, -0.15) is 0 Å². The number of nitro benzene ring substituents is 1. The molecule has 2 N–H and O–H groups in total. The van der Waals surface area contributed by atoms with Crippen LogP contribution in [0.1, 0.15) is 81.5 Å². The van der Waals surface area contributed by atoms with Crippen molar-refractivity contribution in [2.24, 2.45) is 23.2 Å². The van der Waals surface area contributed by atoms with Gasteiger partial charge in [-0.05, 0) is 121 Å². The molecule has 0 spiro atoms. The van der Waals surface area contributed by atoms with E-state index in [1.165, 1.54) is 31.4 Å². The number of nitro groups is 1. The number of carbonyl (C=O) groups is 2. The molecule has 0 radical (unpaired) electrons. The monoisotopic (exact) mass is 671 g/mol. The Balaban J connectivity index is 1.51. The summed E-state index contributed by atoms with van der Waals surface area (Å²) in [6.07, 6.45) is 7.33. The number of benzene rings is 2. The number of halogens is 1. The standard InChI is InChI=1S/C32H38IN3O5/c1-19(2)34-30(39)32(24-4-6-25(7-5-24)36(40)41)16-28(38)35(29(32)26-8-3-20(17-37)12-27(26)33)18-31-13-21-9-22(14-31)11-23(10-21)15-31/h3-8,12,19,21-23,29,37H,9-11,13-18H2,1-2H3,(H,34,39)/t21?,22?,23?,29-,31?,32-/m1/s1. The van der Waals surface area contributed by atoms with Crippen LogP contribution in [0, 0.1) is 36.9 Å². The van der Waals surface area contributed by atoms with Crippen LogP contribution in [0.3, 0.4) is 0 Å². The minimum Gasteiger partial charge on any atom is -0.392 e. The van der Waals surface area contributed by atoms with E-state index in [1.807, 2.05) is 36.9 Å². The van der Waals surface area contributed by atoms with Gasteiger partial charge in [0.05, 0.1) is 17.6 Å². The average molecular weight is 672 g/mol. The predicted molar refractivity (Wildman–Crippen MR) is 163 cm³/mol. The molecule has 0 aromatic heterocycles. The van der Waals surface area contributed by atoms with E-state index in [0.29, 0.717) is 12.1 Å². The van der Waals surface area contributed by atoms with Crippen LogP contribution in [0.15, 0.2) is 42.5 Å². The molecule has 4 saturated carbocycles. The minimum absolute atomic E-state index is 0.00176. The molecule has 2 aromatic carbocycles. The van der Waals surface area contributed by atoms with Gasteiger partial charge in [-0.3, -0.25) is 19.7 Å². The van der Waals surface area contributed by atoms with Crippen molar-refractivity contribution in [1.29, 1.82) is 0 Å². The van der Waals surface area contributed by atoms with Gasteiger partial charge in [0.15, 0.2) is 0 Å². The first-order chi connectivity index (χ1) is 19.5. The van der Waals surface area contributed by atoms with Crippen LogP contribution >= 0.6 is 22.6 Å². The number of hydrogen-bond donors (Lipinski definition) is 2. The molecule has 2 aromatic rings. The molecular formula is C32H38IN3O5. The van der Waals surface area contributed by atoms with Crippen molar-refractivity contribution in [2.75, 3.05) is 6.54 Å². The highest BCUT2D eigenvalue weighted by molar-refractivity contribution is 14.1. The lowest BCUT2D eigenvalue weighted by Crippen LogP contribution is -2.54. The van der Waals surface area contributed by atoms with Crippen molar-refractivity contribution in [2.45, 2.75) is 82.9 Å². The first-order valence-corrected chi connectivity index (χ1v) is 15.9. The molecule has 5 aliphatic rings. The summed E-state index contributed by atoms with van der Waals surface area (Å²) in [5.41, 5.74) is 0.993. The van der Waals surface area contributed by atoms with Crippen molar-refractivity contribution < 1.29 is 19.6 Å². The second-order valence-electron chi connectivity index (χ2n) is 13.4. The zero-order valence-corrected chi connectivity index (χ0v) is 25.8. The number of nitrogens with zero attached hydrogens (tertiary/aromatic N) is 2. The lowest BCUT2D eigenvalue weighted by molar-refractivity contribution is -0.384. The topological polar surface area (TPSA) is 113 Å². The van der Waals surface area contributed by atoms with Gasteiger partial charge < -0.3 is 15.3 Å². The van der Waals surface area contributed by atoms with E-state index >= 15 is 0 Å². The highest BCUT2D eigenvalue weighted by atomic mass is 127. The molecule has 1 aliphatic heterocycles.